The summed E-state index contributed by atoms with van der Waals surface area (Å²) in [6.07, 6.45) is 4.40. The first kappa shape index (κ1) is 9.32. The molecule has 0 aromatic heterocycles. The molecule has 1 fully saturated rings. The van der Waals surface area contributed by atoms with Crippen LogP contribution in [0.25, 0.3) is 0 Å². The van der Waals surface area contributed by atoms with E-state index in [-0.39, 0.29) is 5.54 Å². The summed E-state index contributed by atoms with van der Waals surface area (Å²) in [5, 5.41) is 0. The monoisotopic (exact) mass is 187 g/mol. The summed E-state index contributed by atoms with van der Waals surface area (Å²) >= 11 is 0. The highest BCUT2D eigenvalue weighted by atomic mass is 15.3. The van der Waals surface area contributed by atoms with E-state index < -0.39 is 0 Å². The van der Waals surface area contributed by atoms with Crippen molar-refractivity contribution in [2.24, 2.45) is 0 Å². The summed E-state index contributed by atoms with van der Waals surface area (Å²) in [5.74, 6) is 0. The van der Waals surface area contributed by atoms with Crippen molar-refractivity contribution in [3.8, 4) is 0 Å². The van der Waals surface area contributed by atoms with Crippen LogP contribution in [0.4, 0.5) is 5.69 Å². The lowest BCUT2D eigenvalue weighted by molar-refractivity contribution is 0.916. The van der Waals surface area contributed by atoms with Crippen molar-refractivity contribution in [3.05, 3.63) is 42.0 Å². The van der Waals surface area contributed by atoms with Gasteiger partial charge in [0, 0.05) is 12.2 Å². The third-order valence-corrected chi connectivity index (χ3v) is 2.86. The van der Waals surface area contributed by atoms with E-state index >= 15 is 0 Å². The summed E-state index contributed by atoms with van der Waals surface area (Å²) < 4.78 is 0. The summed E-state index contributed by atoms with van der Waals surface area (Å²) in [6.45, 7) is 7.61. The Bertz CT molecular complexity index is 350. The van der Waals surface area contributed by atoms with Crippen molar-refractivity contribution < 1.29 is 0 Å². The van der Waals surface area contributed by atoms with Crippen LogP contribution < -0.4 is 4.90 Å². The average molecular weight is 187 g/mol. The molecular formula is C13H17N. The van der Waals surface area contributed by atoms with Crippen LogP contribution in [0.5, 0.6) is 0 Å². The van der Waals surface area contributed by atoms with Gasteiger partial charge in [-0.3, -0.25) is 0 Å². The molecule has 1 aromatic carbocycles. The van der Waals surface area contributed by atoms with Gasteiger partial charge in [0.2, 0.25) is 0 Å². The Morgan fingerprint density at radius 3 is 2.50 bits per heavy atom. The van der Waals surface area contributed by atoms with E-state index in [0.717, 1.165) is 6.54 Å². The highest BCUT2D eigenvalue weighted by Gasteiger charge is 2.44. The summed E-state index contributed by atoms with van der Waals surface area (Å²) in [5.41, 5.74) is 2.92. The molecule has 1 heteroatoms. The zero-order chi connectivity index (χ0) is 10.2. The minimum absolute atomic E-state index is 0.268. The molecule has 0 radical (unpaired) electrons. The second-order valence-corrected chi connectivity index (χ2v) is 4.28. The Balaban J connectivity index is 2.16. The fraction of sp³-hybridized carbons (Fsp3) is 0.385. The number of hydrogen-bond donors (Lipinski definition) is 0. The normalized spacial score (nSPS) is 25.8. The molecule has 0 amide bonds. The molecule has 0 N–H and O–H groups in total. The van der Waals surface area contributed by atoms with Gasteiger partial charge < -0.3 is 4.90 Å². The maximum absolute atomic E-state index is 2.41. The predicted octanol–water partition coefficient (Wildman–Crippen LogP) is 3.15. The second-order valence-electron chi connectivity index (χ2n) is 4.28. The molecule has 0 aliphatic carbocycles. The maximum atomic E-state index is 2.41. The molecule has 1 unspecified atom stereocenters. The molecule has 1 atom stereocenters. The van der Waals surface area contributed by atoms with Gasteiger partial charge in [-0.15, -0.1) is 0 Å². The Labute approximate surface area is 86.1 Å². The smallest absolute Gasteiger partial charge is 0.0732 e. The van der Waals surface area contributed by atoms with Gasteiger partial charge in [-0.05, 0) is 32.9 Å². The Kier molecular flexibility index (Phi) is 2.10. The molecule has 0 spiro atoms. The second kappa shape index (κ2) is 3.16. The topological polar surface area (TPSA) is 3.01 Å². The molecule has 74 valence electrons. The lowest BCUT2D eigenvalue weighted by atomic mass is 10.1. The van der Waals surface area contributed by atoms with Crippen molar-refractivity contribution in [2.75, 3.05) is 11.4 Å². The quantitative estimate of drug-likeness (QED) is 0.507. The third kappa shape index (κ3) is 1.54. The lowest BCUT2D eigenvalue weighted by Gasteiger charge is -2.09. The molecule has 2 rings (SSSR count). The minimum Gasteiger partial charge on any atom is -0.358 e. The van der Waals surface area contributed by atoms with Gasteiger partial charge in [0.1, 0.15) is 0 Å². The van der Waals surface area contributed by atoms with Gasteiger partial charge in [-0.2, -0.15) is 0 Å². The first-order valence-electron chi connectivity index (χ1n) is 5.14. The van der Waals surface area contributed by atoms with Gasteiger partial charge in [-0.25, -0.2) is 0 Å². The number of hydrogen-bond acceptors (Lipinski definition) is 1. The van der Waals surface area contributed by atoms with Crippen LogP contribution in [0.15, 0.2) is 36.4 Å². The Morgan fingerprint density at radius 2 is 1.93 bits per heavy atom. The third-order valence-electron chi connectivity index (χ3n) is 2.86. The maximum Gasteiger partial charge on any atom is 0.0732 e. The van der Waals surface area contributed by atoms with Gasteiger partial charge in [0.05, 0.1) is 5.54 Å². The van der Waals surface area contributed by atoms with E-state index in [2.05, 4.69) is 62.1 Å². The predicted molar refractivity (Wildman–Crippen MR) is 61.7 cm³/mol. The molecule has 1 nitrogen and oxygen atoms in total. The first-order valence-corrected chi connectivity index (χ1v) is 5.14. The molecule has 14 heavy (non-hydrogen) atoms. The van der Waals surface area contributed by atoms with Crippen LogP contribution in [-0.4, -0.2) is 12.1 Å². The highest BCUT2D eigenvalue weighted by Crippen LogP contribution is 2.38. The van der Waals surface area contributed by atoms with E-state index in [1.54, 1.807) is 0 Å². The number of allylic oxidation sites excluding steroid dienone is 1. The van der Waals surface area contributed by atoms with E-state index in [1.165, 1.54) is 11.3 Å². The average Bonchev–Trinajstić information content (AvgIpc) is 2.80. The van der Waals surface area contributed by atoms with Gasteiger partial charge in [0.15, 0.2) is 0 Å². The molecular weight excluding hydrogens is 170 g/mol. The van der Waals surface area contributed by atoms with Crippen molar-refractivity contribution in [2.45, 2.75) is 26.3 Å². The summed E-state index contributed by atoms with van der Waals surface area (Å²) in [7, 11) is 0. The molecule has 1 saturated heterocycles. The van der Waals surface area contributed by atoms with Crippen molar-refractivity contribution in [1.82, 2.24) is 0 Å². The van der Waals surface area contributed by atoms with Crippen LogP contribution >= 0.6 is 0 Å². The summed E-state index contributed by atoms with van der Waals surface area (Å²) in [4.78, 5) is 2.41. The zero-order valence-electron chi connectivity index (χ0n) is 9.12. The fourth-order valence-corrected chi connectivity index (χ4v) is 1.90. The van der Waals surface area contributed by atoms with E-state index in [1.807, 2.05) is 0 Å². The van der Waals surface area contributed by atoms with Crippen molar-refractivity contribution in [3.63, 3.8) is 0 Å². The van der Waals surface area contributed by atoms with Crippen LogP contribution in [-0.2, 0) is 0 Å². The SMILES string of the molecule is CC=CC1(C)CN1c1ccc(C)cc1. The molecule has 1 aromatic rings. The number of rotatable bonds is 2. The van der Waals surface area contributed by atoms with Gasteiger partial charge in [-0.1, -0.05) is 29.8 Å². The number of anilines is 1. The zero-order valence-corrected chi connectivity index (χ0v) is 9.12. The van der Waals surface area contributed by atoms with Crippen LogP contribution in [0.3, 0.4) is 0 Å². The largest absolute Gasteiger partial charge is 0.358 e. The summed E-state index contributed by atoms with van der Waals surface area (Å²) in [6, 6.07) is 8.74. The first-order chi connectivity index (χ1) is 6.65. The molecule has 1 heterocycles. The number of aryl methyl sites for hydroxylation is 1. The molecule has 0 bridgehead atoms. The number of nitrogens with zero attached hydrogens (tertiary/aromatic N) is 1. The van der Waals surface area contributed by atoms with Gasteiger partial charge >= 0.3 is 0 Å². The van der Waals surface area contributed by atoms with Crippen LogP contribution in [0, 0.1) is 6.92 Å². The minimum atomic E-state index is 0.268. The highest BCUT2D eigenvalue weighted by molar-refractivity contribution is 5.59. The van der Waals surface area contributed by atoms with E-state index in [0.29, 0.717) is 0 Å². The van der Waals surface area contributed by atoms with Gasteiger partial charge in [0.25, 0.3) is 0 Å². The Hall–Kier alpha value is -1.24. The lowest BCUT2D eigenvalue weighted by Crippen LogP contribution is -2.09. The fourth-order valence-electron chi connectivity index (χ4n) is 1.90. The van der Waals surface area contributed by atoms with E-state index in [9.17, 15) is 0 Å². The van der Waals surface area contributed by atoms with E-state index in [4.69, 9.17) is 0 Å². The van der Waals surface area contributed by atoms with Crippen LogP contribution in [0.1, 0.15) is 19.4 Å². The van der Waals surface area contributed by atoms with Crippen molar-refractivity contribution in [1.29, 1.82) is 0 Å². The van der Waals surface area contributed by atoms with Crippen LogP contribution in [0.2, 0.25) is 0 Å². The number of benzene rings is 1. The standard InChI is InChI=1S/C13H17N/c1-4-9-13(3)10-14(13)12-7-5-11(2)6-8-12/h4-9H,10H2,1-3H3. The molecule has 0 saturated carbocycles. The molecule has 1 aliphatic rings. The Morgan fingerprint density at radius 1 is 1.29 bits per heavy atom. The van der Waals surface area contributed by atoms with Crippen molar-refractivity contribution >= 4 is 5.69 Å². The molecule has 1 aliphatic heterocycles.